The molecule has 0 radical (unpaired) electrons. The van der Waals surface area contributed by atoms with Crippen LogP contribution in [0.1, 0.15) is 66.8 Å². The predicted octanol–water partition coefficient (Wildman–Crippen LogP) is 4.18. The lowest BCUT2D eigenvalue weighted by Gasteiger charge is -2.27. The Morgan fingerprint density at radius 2 is 1.90 bits per heavy atom. The molecule has 3 heteroatoms. The van der Waals surface area contributed by atoms with Crippen LogP contribution in [-0.2, 0) is 12.8 Å². The van der Waals surface area contributed by atoms with E-state index >= 15 is 0 Å². The smallest absolute Gasteiger partial charge is 0.252 e. The molecule has 1 amide bonds. The molecule has 2 aliphatic carbocycles. The van der Waals surface area contributed by atoms with Gasteiger partial charge in [-0.1, -0.05) is 13.8 Å². The van der Waals surface area contributed by atoms with Gasteiger partial charge in [0.05, 0.1) is 5.56 Å². The molecular weight excluding hydrogens is 266 g/mol. The molecule has 110 valence electrons. The van der Waals surface area contributed by atoms with Gasteiger partial charge in [-0.3, -0.25) is 4.79 Å². The third-order valence-electron chi connectivity index (χ3n) is 5.00. The van der Waals surface area contributed by atoms with Crippen LogP contribution in [0.2, 0.25) is 0 Å². The van der Waals surface area contributed by atoms with Gasteiger partial charge in [0, 0.05) is 16.3 Å². The average Bonchev–Trinajstić information content (AvgIpc) is 2.84. The second-order valence-electron chi connectivity index (χ2n) is 6.83. The lowest BCUT2D eigenvalue weighted by molar-refractivity contribution is 0.0922. The van der Waals surface area contributed by atoms with Gasteiger partial charge in [-0.05, 0) is 62.3 Å². The van der Waals surface area contributed by atoms with Crippen molar-refractivity contribution in [1.29, 1.82) is 0 Å². The molecule has 2 nitrogen and oxygen atoms in total. The van der Waals surface area contributed by atoms with Crippen LogP contribution in [0.3, 0.4) is 0 Å². The zero-order valence-electron chi connectivity index (χ0n) is 12.6. The molecule has 20 heavy (non-hydrogen) atoms. The molecule has 1 saturated carbocycles. The Labute approximate surface area is 126 Å². The Bertz CT molecular complexity index is 485. The molecule has 1 N–H and O–H groups in total. The zero-order valence-corrected chi connectivity index (χ0v) is 13.4. The first-order valence-corrected chi connectivity index (χ1v) is 8.91. The summed E-state index contributed by atoms with van der Waals surface area (Å²) in [6.07, 6.45) is 8.28. The molecule has 3 rings (SSSR count). The number of hydrogen-bond donors (Lipinski definition) is 1. The van der Waals surface area contributed by atoms with Gasteiger partial charge >= 0.3 is 0 Å². The van der Waals surface area contributed by atoms with E-state index in [1.54, 1.807) is 11.3 Å². The van der Waals surface area contributed by atoms with Crippen LogP contribution >= 0.6 is 11.3 Å². The Balaban J connectivity index is 1.66. The molecule has 1 aromatic heterocycles. The summed E-state index contributed by atoms with van der Waals surface area (Å²) in [5.74, 6) is 1.78. The van der Waals surface area contributed by atoms with E-state index in [4.69, 9.17) is 0 Å². The number of hydrogen-bond acceptors (Lipinski definition) is 2. The first-order chi connectivity index (χ1) is 9.63. The summed E-state index contributed by atoms with van der Waals surface area (Å²) < 4.78 is 0. The highest BCUT2D eigenvalue weighted by Gasteiger charge is 2.25. The molecule has 1 heterocycles. The number of nitrogens with one attached hydrogen (secondary N) is 1. The third-order valence-corrected chi connectivity index (χ3v) is 6.05. The lowest BCUT2D eigenvalue weighted by Crippen LogP contribution is -2.37. The topological polar surface area (TPSA) is 29.1 Å². The number of carbonyl (C=O) groups excluding carboxylic acids is 1. The van der Waals surface area contributed by atoms with Gasteiger partial charge in [0.1, 0.15) is 0 Å². The van der Waals surface area contributed by atoms with Gasteiger partial charge in [-0.25, -0.2) is 0 Å². The fourth-order valence-electron chi connectivity index (χ4n) is 3.54. The van der Waals surface area contributed by atoms with Crippen molar-refractivity contribution in [2.24, 2.45) is 11.8 Å². The van der Waals surface area contributed by atoms with Crippen LogP contribution in [0.5, 0.6) is 0 Å². The summed E-state index contributed by atoms with van der Waals surface area (Å²) in [4.78, 5) is 14.0. The van der Waals surface area contributed by atoms with Crippen LogP contribution in [0, 0.1) is 11.8 Å². The largest absolute Gasteiger partial charge is 0.349 e. The Hall–Kier alpha value is -0.830. The normalized spacial score (nSPS) is 29.8. The van der Waals surface area contributed by atoms with E-state index in [2.05, 4.69) is 24.5 Å². The number of rotatable bonds is 2. The Morgan fingerprint density at radius 3 is 2.65 bits per heavy atom. The minimum atomic E-state index is 0.177. The lowest BCUT2D eigenvalue weighted by atomic mass is 9.86. The van der Waals surface area contributed by atoms with Crippen molar-refractivity contribution in [3.8, 4) is 0 Å². The first kappa shape index (κ1) is 14.1. The quantitative estimate of drug-likeness (QED) is 0.870. The Kier molecular flexibility index (Phi) is 4.16. The van der Waals surface area contributed by atoms with Crippen LogP contribution in [0.25, 0.3) is 0 Å². The van der Waals surface area contributed by atoms with Gasteiger partial charge in [0.15, 0.2) is 0 Å². The monoisotopic (exact) mass is 291 g/mol. The molecule has 0 bridgehead atoms. The van der Waals surface area contributed by atoms with Crippen molar-refractivity contribution in [2.75, 3.05) is 0 Å². The van der Waals surface area contributed by atoms with Crippen molar-refractivity contribution in [3.63, 3.8) is 0 Å². The average molecular weight is 291 g/mol. The highest BCUT2D eigenvalue weighted by molar-refractivity contribution is 7.10. The third kappa shape index (κ3) is 2.93. The van der Waals surface area contributed by atoms with Crippen LogP contribution in [0.4, 0.5) is 0 Å². The molecule has 0 unspecified atom stereocenters. The summed E-state index contributed by atoms with van der Waals surface area (Å²) in [5, 5.41) is 5.36. The van der Waals surface area contributed by atoms with E-state index in [0.29, 0.717) is 6.04 Å². The summed E-state index contributed by atoms with van der Waals surface area (Å²) in [6.45, 7) is 4.63. The molecule has 0 spiro atoms. The minimum absolute atomic E-state index is 0.177. The maximum Gasteiger partial charge on any atom is 0.252 e. The summed E-state index contributed by atoms with van der Waals surface area (Å²) >= 11 is 1.79. The molecular formula is C17H25NOS. The SMILES string of the molecule is CC1CCC(NC(=O)c2csc3c2CC[C@H](C)C3)CC1. The van der Waals surface area contributed by atoms with E-state index in [1.807, 2.05) is 0 Å². The van der Waals surface area contributed by atoms with E-state index in [0.717, 1.165) is 43.1 Å². The van der Waals surface area contributed by atoms with Crippen molar-refractivity contribution in [1.82, 2.24) is 5.32 Å². The maximum atomic E-state index is 12.5. The van der Waals surface area contributed by atoms with E-state index < -0.39 is 0 Å². The predicted molar refractivity (Wildman–Crippen MR) is 84.4 cm³/mol. The highest BCUT2D eigenvalue weighted by Crippen LogP contribution is 2.33. The van der Waals surface area contributed by atoms with Gasteiger partial charge < -0.3 is 5.32 Å². The van der Waals surface area contributed by atoms with Gasteiger partial charge in [0.25, 0.3) is 5.91 Å². The van der Waals surface area contributed by atoms with E-state index in [-0.39, 0.29) is 5.91 Å². The number of fused-ring (bicyclic) bond motifs is 1. The van der Waals surface area contributed by atoms with E-state index in [9.17, 15) is 4.79 Å². The van der Waals surface area contributed by atoms with Crippen LogP contribution < -0.4 is 5.32 Å². The first-order valence-electron chi connectivity index (χ1n) is 8.03. The maximum absolute atomic E-state index is 12.5. The Morgan fingerprint density at radius 1 is 1.15 bits per heavy atom. The van der Waals surface area contributed by atoms with Crippen molar-refractivity contribution < 1.29 is 4.79 Å². The number of amides is 1. The highest BCUT2D eigenvalue weighted by atomic mass is 32.1. The summed E-state index contributed by atoms with van der Waals surface area (Å²) in [5.41, 5.74) is 2.31. The van der Waals surface area contributed by atoms with Crippen molar-refractivity contribution in [2.45, 2.75) is 64.8 Å². The molecule has 0 aliphatic heterocycles. The van der Waals surface area contributed by atoms with Crippen LogP contribution in [0.15, 0.2) is 5.38 Å². The number of carbonyl (C=O) groups is 1. The van der Waals surface area contributed by atoms with Crippen molar-refractivity contribution in [3.05, 3.63) is 21.4 Å². The second kappa shape index (κ2) is 5.88. The summed E-state index contributed by atoms with van der Waals surface area (Å²) in [6, 6.07) is 0.400. The van der Waals surface area contributed by atoms with E-state index in [1.165, 1.54) is 29.7 Å². The fourth-order valence-corrected chi connectivity index (χ4v) is 4.78. The summed E-state index contributed by atoms with van der Waals surface area (Å²) in [7, 11) is 0. The van der Waals surface area contributed by atoms with Crippen molar-refractivity contribution >= 4 is 17.2 Å². The molecule has 2 aliphatic rings. The number of thiophene rings is 1. The molecule has 0 aromatic carbocycles. The minimum Gasteiger partial charge on any atom is -0.349 e. The van der Waals surface area contributed by atoms with Gasteiger partial charge in [-0.2, -0.15) is 0 Å². The van der Waals surface area contributed by atoms with Crippen LogP contribution in [-0.4, -0.2) is 11.9 Å². The fraction of sp³-hybridized carbons (Fsp3) is 0.706. The van der Waals surface area contributed by atoms with Gasteiger partial charge in [-0.15, -0.1) is 11.3 Å². The molecule has 0 saturated heterocycles. The zero-order chi connectivity index (χ0) is 14.1. The van der Waals surface area contributed by atoms with Gasteiger partial charge in [0.2, 0.25) is 0 Å². The molecule has 1 aromatic rings. The standard InChI is InChI=1S/C17H25NOS/c1-11-3-6-13(7-4-11)18-17(19)15-10-20-16-9-12(2)5-8-14(15)16/h10-13H,3-9H2,1-2H3,(H,18,19)/t11?,12-,13?/m0/s1. The molecule has 1 fully saturated rings. The molecule has 1 atom stereocenters. The second-order valence-corrected chi connectivity index (χ2v) is 7.79.